The van der Waals surface area contributed by atoms with Crippen molar-refractivity contribution in [1.82, 2.24) is 0 Å². The molecular weight excluding hydrogens is 120 g/mol. The molecule has 0 heteroatoms. The zero-order chi connectivity index (χ0) is 7.03. The van der Waals surface area contributed by atoms with Crippen molar-refractivity contribution in [2.45, 2.75) is 13.3 Å². The summed E-state index contributed by atoms with van der Waals surface area (Å²) in [7, 11) is 0. The minimum atomic E-state index is 0.448. The molecule has 10 heavy (non-hydrogen) atoms. The van der Waals surface area contributed by atoms with Gasteiger partial charge in [0.05, 0.1) is 0 Å². The minimum Gasteiger partial charge on any atom is -0.0908 e. The summed E-state index contributed by atoms with van der Waals surface area (Å²) in [6, 6.07) is 0. The third-order valence-electron chi connectivity index (χ3n) is 2.44. The van der Waals surface area contributed by atoms with Crippen LogP contribution in [0.25, 0.3) is 0 Å². The first kappa shape index (κ1) is 5.96. The van der Waals surface area contributed by atoms with Crippen LogP contribution in [0, 0.1) is 11.3 Å². The molecule has 52 valence electrons. The van der Waals surface area contributed by atoms with Gasteiger partial charge in [0.1, 0.15) is 0 Å². The molecule has 0 aromatic heterocycles. The summed E-state index contributed by atoms with van der Waals surface area (Å²) in [6.07, 6.45) is 14.7. The van der Waals surface area contributed by atoms with Crippen LogP contribution >= 0.6 is 0 Å². The van der Waals surface area contributed by atoms with E-state index < -0.39 is 0 Å². The normalized spacial score (nSPS) is 42.3. The van der Waals surface area contributed by atoms with Gasteiger partial charge in [-0.25, -0.2) is 0 Å². The molecule has 2 rings (SSSR count). The fourth-order valence-corrected chi connectivity index (χ4v) is 1.75. The van der Waals surface area contributed by atoms with Gasteiger partial charge in [-0.15, -0.1) is 0 Å². The summed E-state index contributed by atoms with van der Waals surface area (Å²) in [5.74, 6) is 0.814. The molecule has 0 heterocycles. The molecule has 0 aromatic carbocycles. The highest BCUT2D eigenvalue weighted by Crippen LogP contribution is 2.57. The SMILES string of the molecule is C/C=C/C12C=CC=CC1C2. The van der Waals surface area contributed by atoms with Crippen LogP contribution in [0.2, 0.25) is 0 Å². The van der Waals surface area contributed by atoms with Crippen molar-refractivity contribution in [1.29, 1.82) is 0 Å². The Bertz CT molecular complexity index is 220. The molecule has 1 fully saturated rings. The van der Waals surface area contributed by atoms with E-state index in [9.17, 15) is 0 Å². The summed E-state index contributed by atoms with van der Waals surface area (Å²) in [5, 5.41) is 0. The Kier molecular flexibility index (Phi) is 1.10. The first-order chi connectivity index (χ1) is 4.87. The number of fused-ring (bicyclic) bond motifs is 1. The summed E-state index contributed by atoms with van der Waals surface area (Å²) >= 11 is 0. The molecule has 0 saturated heterocycles. The van der Waals surface area contributed by atoms with E-state index in [2.05, 4.69) is 43.4 Å². The van der Waals surface area contributed by atoms with E-state index in [0.717, 1.165) is 5.92 Å². The zero-order valence-electron chi connectivity index (χ0n) is 6.25. The molecule has 2 unspecified atom stereocenters. The summed E-state index contributed by atoms with van der Waals surface area (Å²) in [4.78, 5) is 0. The highest BCUT2D eigenvalue weighted by Gasteiger charge is 2.48. The molecule has 1 saturated carbocycles. The van der Waals surface area contributed by atoms with Crippen LogP contribution in [0.1, 0.15) is 13.3 Å². The fourth-order valence-electron chi connectivity index (χ4n) is 1.75. The van der Waals surface area contributed by atoms with Gasteiger partial charge in [0.15, 0.2) is 0 Å². The smallest absolute Gasteiger partial charge is 0.0133 e. The average Bonchev–Trinajstić information content (AvgIpc) is 2.62. The number of allylic oxidation sites excluding steroid dienone is 6. The Balaban J connectivity index is 2.23. The summed E-state index contributed by atoms with van der Waals surface area (Å²) in [5.41, 5.74) is 0.448. The van der Waals surface area contributed by atoms with Crippen molar-refractivity contribution < 1.29 is 0 Å². The zero-order valence-corrected chi connectivity index (χ0v) is 6.25. The van der Waals surface area contributed by atoms with Crippen molar-refractivity contribution in [2.24, 2.45) is 11.3 Å². The Morgan fingerprint density at radius 2 is 2.40 bits per heavy atom. The van der Waals surface area contributed by atoms with E-state index in [4.69, 9.17) is 0 Å². The quantitative estimate of drug-likeness (QED) is 0.481. The third kappa shape index (κ3) is 0.683. The maximum Gasteiger partial charge on any atom is 0.0133 e. The molecule has 0 aromatic rings. The van der Waals surface area contributed by atoms with Crippen LogP contribution in [0.5, 0.6) is 0 Å². The second kappa shape index (κ2) is 1.85. The Hall–Kier alpha value is -0.780. The van der Waals surface area contributed by atoms with Crippen LogP contribution in [-0.2, 0) is 0 Å². The lowest BCUT2D eigenvalue weighted by atomic mass is 9.99. The van der Waals surface area contributed by atoms with Gasteiger partial charge in [0.25, 0.3) is 0 Å². The van der Waals surface area contributed by atoms with Crippen molar-refractivity contribution in [3.8, 4) is 0 Å². The van der Waals surface area contributed by atoms with Gasteiger partial charge < -0.3 is 0 Å². The molecule has 2 aliphatic carbocycles. The highest BCUT2D eigenvalue weighted by molar-refractivity contribution is 5.34. The molecule has 2 aliphatic rings. The summed E-state index contributed by atoms with van der Waals surface area (Å²) in [6.45, 7) is 2.09. The van der Waals surface area contributed by atoms with E-state index >= 15 is 0 Å². The molecule has 2 atom stereocenters. The van der Waals surface area contributed by atoms with E-state index in [1.165, 1.54) is 6.42 Å². The first-order valence-corrected chi connectivity index (χ1v) is 3.87. The Morgan fingerprint density at radius 1 is 1.50 bits per heavy atom. The van der Waals surface area contributed by atoms with E-state index in [-0.39, 0.29) is 0 Å². The van der Waals surface area contributed by atoms with Crippen molar-refractivity contribution >= 4 is 0 Å². The second-order valence-corrected chi connectivity index (χ2v) is 3.17. The number of hydrogen-bond donors (Lipinski definition) is 0. The maximum absolute atomic E-state index is 2.32. The number of hydrogen-bond acceptors (Lipinski definition) is 0. The van der Waals surface area contributed by atoms with Gasteiger partial charge in [-0.1, -0.05) is 36.5 Å². The van der Waals surface area contributed by atoms with Crippen LogP contribution in [0.4, 0.5) is 0 Å². The predicted octanol–water partition coefficient (Wildman–Crippen LogP) is 2.69. The van der Waals surface area contributed by atoms with Crippen molar-refractivity contribution in [3.63, 3.8) is 0 Å². The van der Waals surface area contributed by atoms with E-state index in [0.29, 0.717) is 5.41 Å². The lowest BCUT2D eigenvalue weighted by Gasteiger charge is -2.05. The molecule has 0 amide bonds. The molecule has 0 spiro atoms. The highest BCUT2D eigenvalue weighted by atomic mass is 14.5. The van der Waals surface area contributed by atoms with E-state index in [1.807, 2.05) is 0 Å². The lowest BCUT2D eigenvalue weighted by molar-refractivity contribution is 0.781. The topological polar surface area (TPSA) is 0 Å². The van der Waals surface area contributed by atoms with Crippen molar-refractivity contribution in [2.75, 3.05) is 0 Å². The fraction of sp³-hybridized carbons (Fsp3) is 0.400. The van der Waals surface area contributed by atoms with Gasteiger partial charge in [-0.2, -0.15) is 0 Å². The minimum absolute atomic E-state index is 0.448. The second-order valence-electron chi connectivity index (χ2n) is 3.17. The van der Waals surface area contributed by atoms with Crippen LogP contribution < -0.4 is 0 Å². The molecular formula is C10H12. The third-order valence-corrected chi connectivity index (χ3v) is 2.44. The molecule has 0 bridgehead atoms. The van der Waals surface area contributed by atoms with Crippen LogP contribution in [0.15, 0.2) is 36.5 Å². The van der Waals surface area contributed by atoms with Crippen LogP contribution in [-0.4, -0.2) is 0 Å². The summed E-state index contributed by atoms with van der Waals surface area (Å²) < 4.78 is 0. The van der Waals surface area contributed by atoms with Gasteiger partial charge in [-0.3, -0.25) is 0 Å². The lowest BCUT2D eigenvalue weighted by Crippen LogP contribution is -1.95. The van der Waals surface area contributed by atoms with Crippen LogP contribution in [0.3, 0.4) is 0 Å². The predicted molar refractivity (Wildman–Crippen MR) is 43.6 cm³/mol. The molecule has 0 nitrogen and oxygen atoms in total. The first-order valence-electron chi connectivity index (χ1n) is 3.87. The van der Waals surface area contributed by atoms with Crippen molar-refractivity contribution in [3.05, 3.63) is 36.5 Å². The van der Waals surface area contributed by atoms with Gasteiger partial charge in [0.2, 0.25) is 0 Å². The largest absolute Gasteiger partial charge is 0.0908 e. The Morgan fingerprint density at radius 3 is 3.10 bits per heavy atom. The van der Waals surface area contributed by atoms with E-state index in [1.54, 1.807) is 0 Å². The maximum atomic E-state index is 2.32. The monoisotopic (exact) mass is 132 g/mol. The van der Waals surface area contributed by atoms with Gasteiger partial charge in [-0.05, 0) is 19.3 Å². The molecule has 0 radical (unpaired) electrons. The molecule has 0 aliphatic heterocycles. The Labute approximate surface area is 61.9 Å². The standard InChI is InChI=1S/C10H12/c1-2-6-10-7-4-3-5-9(10)8-10/h2-7,9H,8H2,1H3/b6-2+. The average molecular weight is 132 g/mol. The molecule has 0 N–H and O–H groups in total. The number of rotatable bonds is 1. The van der Waals surface area contributed by atoms with Gasteiger partial charge >= 0.3 is 0 Å². The van der Waals surface area contributed by atoms with Gasteiger partial charge in [0, 0.05) is 5.41 Å².